The summed E-state index contributed by atoms with van der Waals surface area (Å²) in [6.07, 6.45) is 2.37. The third-order valence-corrected chi connectivity index (χ3v) is 3.36. The lowest BCUT2D eigenvalue weighted by atomic mass is 10.1. The smallest absolute Gasteiger partial charge is 0.257 e. The Balaban J connectivity index is 2.12. The van der Waals surface area contributed by atoms with Crippen molar-refractivity contribution in [2.24, 2.45) is 0 Å². The van der Waals surface area contributed by atoms with E-state index < -0.39 is 0 Å². The van der Waals surface area contributed by atoms with Crippen LogP contribution in [-0.4, -0.2) is 34.1 Å². The molecule has 0 aliphatic heterocycles. The lowest BCUT2D eigenvalue weighted by Crippen LogP contribution is -2.33. The van der Waals surface area contributed by atoms with E-state index in [1.54, 1.807) is 11.0 Å². The number of rotatable bonds is 6. The van der Waals surface area contributed by atoms with E-state index >= 15 is 0 Å². The number of carbonyl (C=O) groups is 1. The Morgan fingerprint density at radius 1 is 1.14 bits per heavy atom. The van der Waals surface area contributed by atoms with Gasteiger partial charge in [0.2, 0.25) is 0 Å². The van der Waals surface area contributed by atoms with E-state index in [1.165, 1.54) is 12.1 Å². The predicted molar refractivity (Wildman–Crippen MR) is 86.0 cm³/mol. The summed E-state index contributed by atoms with van der Waals surface area (Å²) in [5.41, 5.74) is 1.31. The second-order valence-corrected chi connectivity index (χ2v) is 4.98. The molecule has 0 aromatic heterocycles. The van der Waals surface area contributed by atoms with Gasteiger partial charge in [-0.25, -0.2) is 0 Å². The zero-order valence-corrected chi connectivity index (χ0v) is 12.3. The molecule has 0 atom stereocenters. The van der Waals surface area contributed by atoms with Crippen LogP contribution in [0.4, 0.5) is 0 Å². The van der Waals surface area contributed by atoms with E-state index in [9.17, 15) is 15.0 Å². The minimum absolute atomic E-state index is 0.0754. The van der Waals surface area contributed by atoms with Crippen molar-refractivity contribution >= 4 is 5.91 Å². The Hall–Kier alpha value is -2.75. The molecule has 0 bridgehead atoms. The maximum atomic E-state index is 12.5. The quantitative estimate of drug-likeness (QED) is 0.806. The molecule has 2 aromatic carbocycles. The van der Waals surface area contributed by atoms with Gasteiger partial charge in [0.1, 0.15) is 11.5 Å². The Labute approximate surface area is 129 Å². The molecule has 0 saturated heterocycles. The molecular formula is C18H19NO3. The molecule has 2 N–H and O–H groups in total. The maximum absolute atomic E-state index is 12.5. The van der Waals surface area contributed by atoms with Gasteiger partial charge in [-0.1, -0.05) is 36.4 Å². The molecule has 0 radical (unpaired) electrons. The second kappa shape index (κ2) is 7.31. The summed E-state index contributed by atoms with van der Waals surface area (Å²) in [4.78, 5) is 14.1. The summed E-state index contributed by atoms with van der Waals surface area (Å²) < 4.78 is 0. The van der Waals surface area contributed by atoms with Gasteiger partial charge in [0, 0.05) is 19.2 Å². The maximum Gasteiger partial charge on any atom is 0.257 e. The summed E-state index contributed by atoms with van der Waals surface area (Å²) in [6.45, 7) is 4.59. The first-order valence-corrected chi connectivity index (χ1v) is 7.08. The van der Waals surface area contributed by atoms with Crippen LogP contribution in [0.25, 0.3) is 0 Å². The van der Waals surface area contributed by atoms with Crippen LogP contribution in [0.5, 0.6) is 11.5 Å². The molecular weight excluding hydrogens is 278 g/mol. The Bertz CT molecular complexity index is 653. The number of aromatic hydroxyl groups is 2. The molecule has 4 nitrogen and oxygen atoms in total. The zero-order chi connectivity index (χ0) is 15.9. The summed E-state index contributed by atoms with van der Waals surface area (Å²) in [5.74, 6) is -0.583. The SMILES string of the molecule is C=CCN(CCc1ccccc1)C(=O)c1ccc(O)cc1O. The van der Waals surface area contributed by atoms with Crippen molar-refractivity contribution in [1.29, 1.82) is 0 Å². The second-order valence-electron chi connectivity index (χ2n) is 4.98. The van der Waals surface area contributed by atoms with Crippen LogP contribution in [0.1, 0.15) is 15.9 Å². The largest absolute Gasteiger partial charge is 0.508 e. The van der Waals surface area contributed by atoms with E-state index in [2.05, 4.69) is 6.58 Å². The minimum atomic E-state index is -0.284. The summed E-state index contributed by atoms with van der Waals surface area (Å²) in [5, 5.41) is 19.1. The number of phenols is 2. The van der Waals surface area contributed by atoms with Crippen molar-refractivity contribution < 1.29 is 15.0 Å². The highest BCUT2D eigenvalue weighted by atomic mass is 16.3. The van der Waals surface area contributed by atoms with E-state index in [-0.39, 0.29) is 23.0 Å². The standard InChI is InChI=1S/C18H19NO3/c1-2-11-19(12-10-14-6-4-3-5-7-14)18(22)16-9-8-15(20)13-17(16)21/h2-9,13,20-21H,1,10-12H2. The van der Waals surface area contributed by atoms with Crippen LogP contribution in [0.2, 0.25) is 0 Å². The van der Waals surface area contributed by atoms with E-state index in [0.29, 0.717) is 13.1 Å². The van der Waals surface area contributed by atoms with Gasteiger partial charge in [-0.2, -0.15) is 0 Å². The molecule has 0 heterocycles. The summed E-state index contributed by atoms with van der Waals surface area (Å²) in [6, 6.07) is 13.9. The van der Waals surface area contributed by atoms with Crippen molar-refractivity contribution in [3.05, 3.63) is 72.3 Å². The van der Waals surface area contributed by atoms with Crippen molar-refractivity contribution in [2.45, 2.75) is 6.42 Å². The summed E-state index contributed by atoms with van der Waals surface area (Å²) >= 11 is 0. The van der Waals surface area contributed by atoms with Crippen LogP contribution >= 0.6 is 0 Å². The molecule has 0 aliphatic rings. The van der Waals surface area contributed by atoms with Crippen molar-refractivity contribution in [2.75, 3.05) is 13.1 Å². The fraction of sp³-hybridized carbons (Fsp3) is 0.167. The molecule has 2 rings (SSSR count). The summed E-state index contributed by atoms with van der Waals surface area (Å²) in [7, 11) is 0. The molecule has 0 spiro atoms. The monoisotopic (exact) mass is 297 g/mol. The number of carbonyl (C=O) groups excluding carboxylic acids is 1. The number of benzene rings is 2. The highest BCUT2D eigenvalue weighted by Gasteiger charge is 2.18. The van der Waals surface area contributed by atoms with Crippen LogP contribution in [0.15, 0.2) is 61.2 Å². The molecule has 1 amide bonds. The normalized spacial score (nSPS) is 10.2. The van der Waals surface area contributed by atoms with E-state index in [0.717, 1.165) is 18.1 Å². The lowest BCUT2D eigenvalue weighted by molar-refractivity contribution is 0.0772. The van der Waals surface area contributed by atoms with Gasteiger partial charge in [0.05, 0.1) is 5.56 Å². The average molecular weight is 297 g/mol. The zero-order valence-electron chi connectivity index (χ0n) is 12.3. The Morgan fingerprint density at radius 3 is 2.50 bits per heavy atom. The van der Waals surface area contributed by atoms with Gasteiger partial charge in [0.15, 0.2) is 0 Å². The predicted octanol–water partition coefficient (Wildman–Crippen LogP) is 2.97. The van der Waals surface area contributed by atoms with Crippen molar-refractivity contribution in [3.63, 3.8) is 0 Å². The van der Waals surface area contributed by atoms with Gasteiger partial charge in [-0.15, -0.1) is 6.58 Å². The highest BCUT2D eigenvalue weighted by Crippen LogP contribution is 2.24. The minimum Gasteiger partial charge on any atom is -0.508 e. The van der Waals surface area contributed by atoms with Crippen LogP contribution in [0, 0.1) is 0 Å². The van der Waals surface area contributed by atoms with Gasteiger partial charge in [0.25, 0.3) is 5.91 Å². The molecule has 114 valence electrons. The molecule has 0 fully saturated rings. The number of phenolic OH excluding ortho intramolecular Hbond substituents is 2. The Morgan fingerprint density at radius 2 is 1.86 bits per heavy atom. The number of amides is 1. The molecule has 0 unspecified atom stereocenters. The topological polar surface area (TPSA) is 60.8 Å². The number of hydrogen-bond donors (Lipinski definition) is 2. The third kappa shape index (κ3) is 3.88. The molecule has 0 saturated carbocycles. The van der Waals surface area contributed by atoms with Gasteiger partial charge < -0.3 is 15.1 Å². The van der Waals surface area contributed by atoms with Crippen LogP contribution in [-0.2, 0) is 6.42 Å². The molecule has 2 aromatic rings. The third-order valence-electron chi connectivity index (χ3n) is 3.36. The highest BCUT2D eigenvalue weighted by molar-refractivity contribution is 5.97. The number of hydrogen-bond acceptors (Lipinski definition) is 3. The van der Waals surface area contributed by atoms with Gasteiger partial charge >= 0.3 is 0 Å². The van der Waals surface area contributed by atoms with E-state index in [4.69, 9.17) is 0 Å². The molecule has 22 heavy (non-hydrogen) atoms. The van der Waals surface area contributed by atoms with Crippen molar-refractivity contribution in [3.8, 4) is 11.5 Å². The van der Waals surface area contributed by atoms with Crippen molar-refractivity contribution in [1.82, 2.24) is 4.90 Å². The van der Waals surface area contributed by atoms with Gasteiger partial charge in [-0.05, 0) is 24.1 Å². The average Bonchev–Trinajstić information content (AvgIpc) is 2.52. The van der Waals surface area contributed by atoms with E-state index in [1.807, 2.05) is 30.3 Å². The van der Waals surface area contributed by atoms with Gasteiger partial charge in [-0.3, -0.25) is 4.79 Å². The molecule has 4 heteroatoms. The lowest BCUT2D eigenvalue weighted by Gasteiger charge is -2.21. The first-order chi connectivity index (χ1) is 10.6. The van der Waals surface area contributed by atoms with Crippen LogP contribution < -0.4 is 0 Å². The van der Waals surface area contributed by atoms with Crippen LogP contribution in [0.3, 0.4) is 0 Å². The Kier molecular flexibility index (Phi) is 5.20. The molecule has 0 aliphatic carbocycles. The fourth-order valence-electron chi connectivity index (χ4n) is 2.21. The number of nitrogens with zero attached hydrogens (tertiary/aromatic N) is 1. The first-order valence-electron chi connectivity index (χ1n) is 7.08. The fourth-order valence-corrected chi connectivity index (χ4v) is 2.21. The first kappa shape index (κ1) is 15.6.